The molecule has 0 aliphatic heterocycles. The topological polar surface area (TPSA) is 64.1 Å². The second-order valence-electron chi connectivity index (χ2n) is 4.42. The number of aromatic nitrogens is 2. The van der Waals surface area contributed by atoms with Crippen molar-refractivity contribution in [3.63, 3.8) is 0 Å². The Balaban J connectivity index is 1.84. The molecule has 1 unspecified atom stereocenters. The van der Waals surface area contributed by atoms with E-state index in [-0.39, 0.29) is 0 Å². The Kier molecular flexibility index (Phi) is 4.52. The zero-order valence-corrected chi connectivity index (χ0v) is 10.8. The number of furan rings is 1. The van der Waals surface area contributed by atoms with Crippen molar-refractivity contribution in [3.05, 3.63) is 24.5 Å². The predicted molar refractivity (Wildman–Crippen MR) is 68.1 cm³/mol. The van der Waals surface area contributed by atoms with Gasteiger partial charge in [-0.1, -0.05) is 12.1 Å². The van der Waals surface area contributed by atoms with Crippen molar-refractivity contribution in [2.45, 2.75) is 39.2 Å². The van der Waals surface area contributed by atoms with Crippen molar-refractivity contribution >= 4 is 0 Å². The summed E-state index contributed by atoms with van der Waals surface area (Å²) in [4.78, 5) is 4.34. The number of nitrogens with zero attached hydrogens (tertiary/aromatic N) is 2. The molecule has 0 bridgehead atoms. The van der Waals surface area contributed by atoms with Crippen LogP contribution in [0.2, 0.25) is 0 Å². The third kappa shape index (κ3) is 3.43. The fourth-order valence-electron chi connectivity index (χ4n) is 1.70. The third-order valence-corrected chi connectivity index (χ3v) is 2.78. The molecule has 18 heavy (non-hydrogen) atoms. The fourth-order valence-corrected chi connectivity index (χ4v) is 1.70. The average molecular weight is 249 g/mol. The molecule has 1 N–H and O–H groups in total. The average Bonchev–Trinajstić information content (AvgIpc) is 3.03. The minimum absolute atomic E-state index is 0.467. The van der Waals surface area contributed by atoms with Gasteiger partial charge in [-0.15, -0.1) is 0 Å². The lowest BCUT2D eigenvalue weighted by atomic mass is 10.2. The van der Waals surface area contributed by atoms with E-state index in [4.69, 9.17) is 8.94 Å². The SMILES string of the molecule is CCCNC(C)CCc1nc(-c2ccoc2)no1. The zero-order valence-electron chi connectivity index (χ0n) is 10.8. The van der Waals surface area contributed by atoms with Crippen LogP contribution in [0.1, 0.15) is 32.6 Å². The first-order valence-electron chi connectivity index (χ1n) is 6.38. The Labute approximate surface area is 107 Å². The molecular formula is C13H19N3O2. The number of rotatable bonds is 7. The van der Waals surface area contributed by atoms with Gasteiger partial charge in [0.25, 0.3) is 0 Å². The van der Waals surface area contributed by atoms with E-state index in [2.05, 4.69) is 29.3 Å². The lowest BCUT2D eigenvalue weighted by Crippen LogP contribution is -2.27. The van der Waals surface area contributed by atoms with Gasteiger partial charge in [-0.05, 0) is 32.4 Å². The quantitative estimate of drug-likeness (QED) is 0.817. The molecule has 2 aromatic heterocycles. The van der Waals surface area contributed by atoms with E-state index in [1.165, 1.54) is 0 Å². The molecule has 0 saturated heterocycles. The van der Waals surface area contributed by atoms with E-state index in [1.807, 2.05) is 6.07 Å². The van der Waals surface area contributed by atoms with E-state index in [0.29, 0.717) is 17.8 Å². The lowest BCUT2D eigenvalue weighted by molar-refractivity contribution is 0.367. The van der Waals surface area contributed by atoms with Gasteiger partial charge < -0.3 is 14.3 Å². The normalized spacial score (nSPS) is 12.8. The van der Waals surface area contributed by atoms with Crippen molar-refractivity contribution < 1.29 is 8.94 Å². The molecule has 0 spiro atoms. The molecule has 2 aromatic rings. The highest BCUT2D eigenvalue weighted by molar-refractivity contribution is 5.51. The molecule has 0 fully saturated rings. The Morgan fingerprint density at radius 1 is 1.44 bits per heavy atom. The molecule has 98 valence electrons. The summed E-state index contributed by atoms with van der Waals surface area (Å²) in [6.07, 6.45) is 6.15. The highest BCUT2D eigenvalue weighted by Crippen LogP contribution is 2.16. The summed E-state index contributed by atoms with van der Waals surface area (Å²) in [7, 11) is 0. The van der Waals surface area contributed by atoms with Crippen LogP contribution in [0.15, 0.2) is 27.5 Å². The highest BCUT2D eigenvalue weighted by Gasteiger charge is 2.10. The van der Waals surface area contributed by atoms with Crippen molar-refractivity contribution in [3.8, 4) is 11.4 Å². The first-order valence-corrected chi connectivity index (χ1v) is 6.38. The Morgan fingerprint density at radius 3 is 3.06 bits per heavy atom. The number of hydrogen-bond acceptors (Lipinski definition) is 5. The lowest BCUT2D eigenvalue weighted by Gasteiger charge is -2.10. The van der Waals surface area contributed by atoms with Crippen LogP contribution in [-0.4, -0.2) is 22.7 Å². The van der Waals surface area contributed by atoms with E-state index in [9.17, 15) is 0 Å². The summed E-state index contributed by atoms with van der Waals surface area (Å²) < 4.78 is 10.2. The van der Waals surface area contributed by atoms with Crippen LogP contribution in [0.3, 0.4) is 0 Å². The van der Waals surface area contributed by atoms with Crippen LogP contribution in [0.25, 0.3) is 11.4 Å². The molecule has 0 aliphatic rings. The molecule has 0 amide bonds. The van der Waals surface area contributed by atoms with E-state index >= 15 is 0 Å². The Hall–Kier alpha value is -1.62. The third-order valence-electron chi connectivity index (χ3n) is 2.78. The molecule has 0 saturated carbocycles. The molecule has 0 aromatic carbocycles. The summed E-state index contributed by atoms with van der Waals surface area (Å²) in [6, 6.07) is 2.29. The Bertz CT molecular complexity index is 451. The van der Waals surface area contributed by atoms with Crippen LogP contribution in [0, 0.1) is 0 Å². The van der Waals surface area contributed by atoms with Gasteiger partial charge in [-0.25, -0.2) is 0 Å². The van der Waals surface area contributed by atoms with Gasteiger partial charge in [0.2, 0.25) is 11.7 Å². The summed E-state index contributed by atoms with van der Waals surface area (Å²) in [6.45, 7) is 5.38. The van der Waals surface area contributed by atoms with Gasteiger partial charge in [0.05, 0.1) is 11.8 Å². The zero-order chi connectivity index (χ0) is 12.8. The minimum Gasteiger partial charge on any atom is -0.472 e. The molecule has 2 heterocycles. The van der Waals surface area contributed by atoms with Crippen LogP contribution in [-0.2, 0) is 6.42 Å². The summed E-state index contributed by atoms with van der Waals surface area (Å²) in [5.41, 5.74) is 0.849. The van der Waals surface area contributed by atoms with Crippen LogP contribution in [0.5, 0.6) is 0 Å². The summed E-state index contributed by atoms with van der Waals surface area (Å²) in [5, 5.41) is 7.36. The van der Waals surface area contributed by atoms with E-state index < -0.39 is 0 Å². The number of nitrogens with one attached hydrogen (secondary N) is 1. The van der Waals surface area contributed by atoms with Gasteiger partial charge in [0.1, 0.15) is 6.26 Å². The van der Waals surface area contributed by atoms with Crippen LogP contribution >= 0.6 is 0 Å². The minimum atomic E-state index is 0.467. The maximum absolute atomic E-state index is 5.21. The molecule has 5 heteroatoms. The maximum atomic E-state index is 5.21. The molecule has 2 rings (SSSR count). The van der Waals surface area contributed by atoms with E-state index in [1.54, 1.807) is 12.5 Å². The first-order chi connectivity index (χ1) is 8.79. The van der Waals surface area contributed by atoms with Crippen molar-refractivity contribution in [2.24, 2.45) is 0 Å². The maximum Gasteiger partial charge on any atom is 0.227 e. The second kappa shape index (κ2) is 6.35. The van der Waals surface area contributed by atoms with Gasteiger partial charge in [-0.3, -0.25) is 0 Å². The van der Waals surface area contributed by atoms with Gasteiger partial charge in [0.15, 0.2) is 0 Å². The molecule has 0 aliphatic carbocycles. The standard InChI is InChI=1S/C13H19N3O2/c1-3-7-14-10(2)4-5-12-15-13(16-18-12)11-6-8-17-9-11/h6,8-10,14H,3-5,7H2,1-2H3. The largest absolute Gasteiger partial charge is 0.472 e. The number of hydrogen-bond donors (Lipinski definition) is 1. The summed E-state index contributed by atoms with van der Waals surface area (Å²) in [5.74, 6) is 1.27. The predicted octanol–water partition coefficient (Wildman–Crippen LogP) is 2.65. The molecule has 0 radical (unpaired) electrons. The number of aryl methyl sites for hydroxylation is 1. The first kappa shape index (κ1) is 12.8. The highest BCUT2D eigenvalue weighted by atomic mass is 16.5. The fraction of sp³-hybridized carbons (Fsp3) is 0.538. The van der Waals surface area contributed by atoms with Crippen molar-refractivity contribution in [1.82, 2.24) is 15.5 Å². The molecular weight excluding hydrogens is 230 g/mol. The van der Waals surface area contributed by atoms with E-state index in [0.717, 1.165) is 31.4 Å². The summed E-state index contributed by atoms with van der Waals surface area (Å²) >= 11 is 0. The molecule has 1 atom stereocenters. The smallest absolute Gasteiger partial charge is 0.227 e. The van der Waals surface area contributed by atoms with Crippen molar-refractivity contribution in [2.75, 3.05) is 6.54 Å². The van der Waals surface area contributed by atoms with Crippen LogP contribution in [0.4, 0.5) is 0 Å². The van der Waals surface area contributed by atoms with Gasteiger partial charge in [0, 0.05) is 12.5 Å². The Morgan fingerprint density at radius 2 is 2.33 bits per heavy atom. The van der Waals surface area contributed by atoms with Gasteiger partial charge in [-0.2, -0.15) is 4.98 Å². The van der Waals surface area contributed by atoms with Crippen molar-refractivity contribution in [1.29, 1.82) is 0 Å². The van der Waals surface area contributed by atoms with Crippen LogP contribution < -0.4 is 5.32 Å². The monoisotopic (exact) mass is 249 g/mol. The second-order valence-corrected chi connectivity index (χ2v) is 4.42. The van der Waals surface area contributed by atoms with Gasteiger partial charge >= 0.3 is 0 Å². The molecule has 5 nitrogen and oxygen atoms in total.